The zero-order chi connectivity index (χ0) is 74.3. The first-order valence-corrected chi connectivity index (χ1v) is 41.8. The van der Waals surface area contributed by atoms with Gasteiger partial charge in [0.05, 0.1) is 66.9 Å². The molecule has 0 bridgehead atoms. The van der Waals surface area contributed by atoms with Gasteiger partial charge in [0.25, 0.3) is 0 Å². The Labute approximate surface area is 611 Å². The van der Waals surface area contributed by atoms with E-state index in [4.69, 9.17) is 29.7 Å². The van der Waals surface area contributed by atoms with Crippen LogP contribution >= 0.6 is 0 Å². The zero-order valence-corrected chi connectivity index (χ0v) is 59.6. The molecule has 0 aliphatic carbocycles. The lowest BCUT2D eigenvalue weighted by Gasteiger charge is -2.57. The SMILES string of the molecule is [2H]C([2H])([2H])[Si](C)(c1nc(-c2ccccc2)c(-c2ccccc2)nc1-c1ccccc1)C1([Si](C)(c2nc(-c3ccccc3)c(-c3ccccc3)nc2-c2ccccc2)C([2H])([2H])[2H])c2ccccc2Oc2c1cccc2[Si](c1ccccc1)(c1ccccc1)c1cccc(-n2c3ccccc3n3c4ccccc4nc23)c1. The molecule has 13 aromatic carbocycles. The molecule has 0 fully saturated rings. The topological polar surface area (TPSA) is 83.0 Å². The molecule has 1 aliphatic heterocycles. The van der Waals surface area contributed by atoms with E-state index in [-0.39, 0.29) is 10.6 Å². The van der Waals surface area contributed by atoms with Gasteiger partial charge in [-0.1, -0.05) is 341 Å². The number of hydrogen-bond donors (Lipinski definition) is 0. The van der Waals surface area contributed by atoms with Gasteiger partial charge < -0.3 is 4.74 Å². The molecule has 2 atom stereocenters. The van der Waals surface area contributed by atoms with Crippen molar-refractivity contribution in [3.8, 4) is 84.7 Å². The Morgan fingerprint density at radius 1 is 0.330 bits per heavy atom. The molecule has 18 rings (SSSR count). The molecule has 0 saturated carbocycles. The van der Waals surface area contributed by atoms with Crippen LogP contribution in [0.2, 0.25) is 26.0 Å². The van der Waals surface area contributed by atoms with Gasteiger partial charge >= 0.3 is 0 Å². The van der Waals surface area contributed by atoms with E-state index in [1.54, 1.807) is 0 Å². The minimum Gasteiger partial charge on any atom is -0.457 e. The smallest absolute Gasteiger partial charge is 0.220 e. The predicted molar refractivity (Wildman–Crippen MR) is 431 cm³/mol. The standard InChI is InChI=1S/C92H71N7OSi3/c1-101(2,89-86(68-45-21-9-22-46-68)94-82(64-37-13-5-14-38-64)84(96-89)66-41-17-7-18-42-66)92(102(3,4)90-87(69-47-23-10-24-48-69)95-83(65-39-15-6-16-40-65)85(97-90)67-43-19-8-20-44-67)74-55-29-34-61-80(74)100-88-75(92)56-36-62-81(88)103(71-50-25-11-26-51-71,72-52-27-12-28-53-72)73-54-35-49-70(63-73)98-78-59-32-33-60-79(78)99-77-58-31-30-57-76(77)93-91(98)99/h5-63H,1-4H3/i1D3,3D3. The molecule has 492 valence electrons. The summed E-state index contributed by atoms with van der Waals surface area (Å²) in [5, 5.41) is 4.07. The summed E-state index contributed by atoms with van der Waals surface area (Å²) in [7, 11) is -14.8. The average Bonchev–Trinajstić information content (AvgIpc) is 1.21. The maximum absolute atomic E-state index is 11.3. The third kappa shape index (κ3) is 10.0. The fourth-order valence-electron chi connectivity index (χ4n) is 16.5. The zero-order valence-electron chi connectivity index (χ0n) is 62.6. The largest absolute Gasteiger partial charge is 0.457 e. The minimum absolute atomic E-state index is 0.186. The maximum atomic E-state index is 11.3. The Morgan fingerprint density at radius 2 is 0.709 bits per heavy atom. The summed E-state index contributed by atoms with van der Waals surface area (Å²) in [5.41, 5.74) is 12.1. The quantitative estimate of drug-likeness (QED) is 0.0751. The molecular formula is C92H71N7OSi3. The molecule has 11 heteroatoms. The highest BCUT2D eigenvalue weighted by atomic mass is 28.4. The Kier molecular flexibility index (Phi) is 13.9. The first-order chi connectivity index (χ1) is 53.1. The van der Waals surface area contributed by atoms with Gasteiger partial charge in [0.15, 0.2) is 8.07 Å². The fraction of sp³-hybridized carbons (Fsp3) is 0.0543. The molecule has 17 aromatic rings. The predicted octanol–water partition coefficient (Wildman–Crippen LogP) is 18.1. The summed E-state index contributed by atoms with van der Waals surface area (Å²) in [6.07, 6.45) is 0. The number of aromatic nitrogens is 7. The molecule has 0 amide bonds. The summed E-state index contributed by atoms with van der Waals surface area (Å²) >= 11 is 0. The maximum Gasteiger partial charge on any atom is 0.220 e. The Hall–Kier alpha value is -12.3. The molecule has 0 saturated heterocycles. The lowest BCUT2D eigenvalue weighted by atomic mass is 9.98. The van der Waals surface area contributed by atoms with Gasteiger partial charge in [-0.3, -0.25) is 18.9 Å². The van der Waals surface area contributed by atoms with E-state index in [2.05, 4.69) is 118 Å². The van der Waals surface area contributed by atoms with Gasteiger partial charge in [-0.2, -0.15) is 0 Å². The average molecular weight is 1380 g/mol. The highest BCUT2D eigenvalue weighted by Gasteiger charge is 2.67. The number of rotatable bonds is 15. The molecule has 1 aliphatic rings. The van der Waals surface area contributed by atoms with Gasteiger partial charge in [-0.25, -0.2) is 15.0 Å². The molecule has 0 spiro atoms. The van der Waals surface area contributed by atoms with E-state index in [1.807, 2.05) is 262 Å². The third-order valence-corrected chi connectivity index (χ3v) is 35.4. The summed E-state index contributed by atoms with van der Waals surface area (Å²) < 4.78 is 78.3. The van der Waals surface area contributed by atoms with E-state index in [9.17, 15) is 8.22 Å². The molecular weight excluding hydrogens is 1300 g/mol. The molecule has 0 N–H and O–H groups in total. The van der Waals surface area contributed by atoms with Crippen molar-refractivity contribution in [3.05, 3.63) is 369 Å². The van der Waals surface area contributed by atoms with Crippen LogP contribution in [0.1, 0.15) is 19.4 Å². The van der Waals surface area contributed by atoms with Crippen LogP contribution in [-0.4, -0.2) is 58.1 Å². The van der Waals surface area contributed by atoms with Crippen molar-refractivity contribution in [1.82, 2.24) is 33.9 Å². The van der Waals surface area contributed by atoms with Crippen molar-refractivity contribution in [2.24, 2.45) is 0 Å². The number of para-hydroxylation sites is 6. The number of hydrogen-bond acceptors (Lipinski definition) is 6. The van der Waals surface area contributed by atoms with Crippen molar-refractivity contribution < 1.29 is 13.0 Å². The van der Waals surface area contributed by atoms with Crippen molar-refractivity contribution in [1.29, 1.82) is 0 Å². The van der Waals surface area contributed by atoms with Gasteiger partial charge in [0.1, 0.15) is 27.6 Å². The summed E-state index contributed by atoms with van der Waals surface area (Å²) in [5.74, 6) is 1.39. The van der Waals surface area contributed by atoms with Crippen LogP contribution < -0.4 is 36.1 Å². The van der Waals surface area contributed by atoms with Gasteiger partial charge in [-0.15, -0.1) is 0 Å². The van der Waals surface area contributed by atoms with E-state index in [0.717, 1.165) is 65.4 Å². The van der Waals surface area contributed by atoms with Gasteiger partial charge in [0.2, 0.25) is 5.78 Å². The van der Waals surface area contributed by atoms with E-state index < -0.39 is 41.8 Å². The molecule has 0 radical (unpaired) electrons. The van der Waals surface area contributed by atoms with Crippen molar-refractivity contribution >= 4 is 83.4 Å². The van der Waals surface area contributed by atoms with Gasteiger partial charge in [-0.05, 0) is 63.2 Å². The summed E-state index contributed by atoms with van der Waals surface area (Å²) in [6, 6.07) is 119. The lowest BCUT2D eigenvalue weighted by molar-refractivity contribution is 0.453. The monoisotopic (exact) mass is 1380 g/mol. The lowest BCUT2D eigenvalue weighted by Crippen LogP contribution is -2.78. The number of ether oxygens (including phenoxy) is 1. The first kappa shape index (κ1) is 56.5. The van der Waals surface area contributed by atoms with E-state index in [1.165, 1.54) is 0 Å². The third-order valence-electron chi connectivity index (χ3n) is 20.9. The van der Waals surface area contributed by atoms with E-state index in [0.29, 0.717) is 79.0 Å². The molecule has 103 heavy (non-hydrogen) atoms. The fourth-order valence-corrected chi connectivity index (χ4v) is 31.8. The molecule has 5 heterocycles. The number of imidazole rings is 2. The summed E-state index contributed by atoms with van der Waals surface area (Å²) in [4.78, 5) is 29.3. The van der Waals surface area contributed by atoms with Crippen molar-refractivity contribution in [2.75, 3.05) is 0 Å². The second-order valence-electron chi connectivity index (χ2n) is 26.8. The Bertz CT molecular complexity index is 6050. The van der Waals surface area contributed by atoms with Gasteiger partial charge in [0, 0.05) is 63.1 Å². The van der Waals surface area contributed by atoms with Crippen LogP contribution in [0.3, 0.4) is 0 Å². The van der Waals surface area contributed by atoms with Crippen LogP contribution in [0.15, 0.2) is 358 Å². The van der Waals surface area contributed by atoms with Crippen LogP contribution in [0.5, 0.6) is 11.5 Å². The normalized spacial score (nSPS) is 15.8. The number of fused-ring (bicyclic) bond motifs is 7. The highest BCUT2D eigenvalue weighted by Crippen LogP contribution is 2.58. The van der Waals surface area contributed by atoms with Crippen LogP contribution in [0.4, 0.5) is 0 Å². The second kappa shape index (κ2) is 25.4. The van der Waals surface area contributed by atoms with Crippen LogP contribution in [0, 0.1) is 0 Å². The minimum atomic E-state index is -5.37. The van der Waals surface area contributed by atoms with Crippen molar-refractivity contribution in [2.45, 2.75) is 30.7 Å². The molecule has 2 unspecified atom stereocenters. The first-order valence-electron chi connectivity index (χ1n) is 37.8. The van der Waals surface area contributed by atoms with Crippen LogP contribution in [-0.2, 0) is 4.66 Å². The number of nitrogens with zero attached hydrogens (tertiary/aromatic N) is 7. The Morgan fingerprint density at radius 3 is 1.19 bits per heavy atom. The number of benzene rings is 13. The molecule has 8 nitrogen and oxygen atoms in total. The summed E-state index contributed by atoms with van der Waals surface area (Å²) in [6.45, 7) is -2.42. The highest BCUT2D eigenvalue weighted by molar-refractivity contribution is 7.20. The second-order valence-corrected chi connectivity index (χ2v) is 38.0. The van der Waals surface area contributed by atoms with Crippen molar-refractivity contribution in [3.63, 3.8) is 0 Å². The molecule has 4 aromatic heterocycles. The Balaban J connectivity index is 1.06. The van der Waals surface area contributed by atoms with E-state index >= 15 is 0 Å². The van der Waals surface area contributed by atoms with Crippen LogP contribution in [0.25, 0.3) is 101 Å².